The third kappa shape index (κ3) is 5.09. The molecule has 0 bridgehead atoms. The van der Waals surface area contributed by atoms with Gasteiger partial charge in [0.1, 0.15) is 12.4 Å². The van der Waals surface area contributed by atoms with Crippen molar-refractivity contribution < 1.29 is 14.3 Å². The number of halogens is 3. The minimum atomic E-state index is -0.706. The molecule has 1 unspecified atom stereocenters. The molecule has 1 heterocycles. The molecule has 0 saturated heterocycles. The zero-order valence-corrected chi connectivity index (χ0v) is 13.3. The highest BCUT2D eigenvalue weighted by molar-refractivity contribution is 6.41. The molecule has 4 nitrogen and oxygen atoms in total. The van der Waals surface area contributed by atoms with Crippen LogP contribution in [0.2, 0.25) is 15.1 Å². The standard InChI is InChI=1S/C14H14Cl3NO3/c15-9-4-12(16)14(13(17)5-9)18-6-10(19)7-20-8-11-2-1-3-21-11/h1-5,10,18-19H,6-8H2. The number of rotatable bonds is 7. The number of hydrogen-bond donors (Lipinski definition) is 2. The largest absolute Gasteiger partial charge is 0.467 e. The van der Waals surface area contributed by atoms with E-state index in [1.807, 2.05) is 0 Å². The zero-order valence-electron chi connectivity index (χ0n) is 11.0. The summed E-state index contributed by atoms with van der Waals surface area (Å²) >= 11 is 17.9. The van der Waals surface area contributed by atoms with Crippen molar-refractivity contribution in [1.82, 2.24) is 0 Å². The molecule has 2 rings (SSSR count). The summed E-state index contributed by atoms with van der Waals surface area (Å²) in [6.45, 7) is 0.724. The Bertz CT molecular complexity index is 552. The minimum absolute atomic E-state index is 0.163. The second kappa shape index (κ2) is 7.92. The van der Waals surface area contributed by atoms with Crippen LogP contribution >= 0.6 is 34.8 Å². The van der Waals surface area contributed by atoms with Crippen molar-refractivity contribution in [2.24, 2.45) is 0 Å². The fraction of sp³-hybridized carbons (Fsp3) is 0.286. The predicted molar refractivity (Wildman–Crippen MR) is 84.3 cm³/mol. The number of aliphatic hydroxyl groups excluding tert-OH is 1. The van der Waals surface area contributed by atoms with Gasteiger partial charge in [0.05, 0.1) is 34.7 Å². The Morgan fingerprint density at radius 2 is 1.95 bits per heavy atom. The maximum Gasteiger partial charge on any atom is 0.129 e. The molecular formula is C14H14Cl3NO3. The first-order chi connectivity index (χ1) is 10.1. The first-order valence-corrected chi connectivity index (χ1v) is 7.36. The van der Waals surface area contributed by atoms with Crippen LogP contribution in [0.5, 0.6) is 0 Å². The lowest BCUT2D eigenvalue weighted by Gasteiger charge is -2.15. The Morgan fingerprint density at radius 1 is 1.24 bits per heavy atom. The Kier molecular flexibility index (Phi) is 6.21. The summed E-state index contributed by atoms with van der Waals surface area (Å²) in [4.78, 5) is 0. The summed E-state index contributed by atoms with van der Waals surface area (Å²) in [6.07, 6.45) is 0.865. The highest BCUT2D eigenvalue weighted by Gasteiger charge is 2.10. The third-order valence-electron chi connectivity index (χ3n) is 2.66. The van der Waals surface area contributed by atoms with E-state index < -0.39 is 6.10 Å². The second-order valence-electron chi connectivity index (χ2n) is 4.37. The summed E-state index contributed by atoms with van der Waals surface area (Å²) in [5.74, 6) is 0.707. The molecule has 1 aromatic heterocycles. The van der Waals surface area contributed by atoms with Crippen molar-refractivity contribution >= 4 is 40.5 Å². The Balaban J connectivity index is 1.77. The van der Waals surface area contributed by atoms with Gasteiger partial charge in [-0.2, -0.15) is 0 Å². The van der Waals surface area contributed by atoms with E-state index in [9.17, 15) is 5.11 Å². The summed E-state index contributed by atoms with van der Waals surface area (Å²) in [6, 6.07) is 6.74. The molecule has 0 saturated carbocycles. The van der Waals surface area contributed by atoms with Gasteiger partial charge < -0.3 is 19.6 Å². The Labute approximate surface area is 137 Å². The molecule has 0 radical (unpaired) electrons. The summed E-state index contributed by atoms with van der Waals surface area (Å²) in [7, 11) is 0. The number of nitrogens with one attached hydrogen (secondary N) is 1. The normalized spacial score (nSPS) is 12.4. The molecule has 1 atom stereocenters. The topological polar surface area (TPSA) is 54.6 Å². The van der Waals surface area contributed by atoms with E-state index in [1.54, 1.807) is 30.5 Å². The predicted octanol–water partition coefficient (Wildman–Crippen LogP) is 4.23. The molecule has 0 spiro atoms. The first-order valence-electron chi connectivity index (χ1n) is 6.23. The van der Waals surface area contributed by atoms with E-state index in [0.29, 0.717) is 33.1 Å². The van der Waals surface area contributed by atoms with Crippen molar-refractivity contribution in [3.63, 3.8) is 0 Å². The highest BCUT2D eigenvalue weighted by Crippen LogP contribution is 2.33. The molecule has 1 aromatic carbocycles. The van der Waals surface area contributed by atoms with Gasteiger partial charge in [0.2, 0.25) is 0 Å². The quantitative estimate of drug-likeness (QED) is 0.784. The molecule has 0 aliphatic heterocycles. The second-order valence-corrected chi connectivity index (χ2v) is 5.62. The van der Waals surface area contributed by atoms with E-state index in [4.69, 9.17) is 44.0 Å². The van der Waals surface area contributed by atoms with Crippen LogP contribution in [-0.4, -0.2) is 24.4 Å². The highest BCUT2D eigenvalue weighted by atomic mass is 35.5. The Hall–Kier alpha value is -0.910. The smallest absolute Gasteiger partial charge is 0.129 e. The van der Waals surface area contributed by atoms with Gasteiger partial charge in [-0.05, 0) is 24.3 Å². The van der Waals surface area contributed by atoms with Crippen LogP contribution in [0.15, 0.2) is 34.9 Å². The number of aliphatic hydroxyl groups is 1. The van der Waals surface area contributed by atoms with Crippen LogP contribution in [0, 0.1) is 0 Å². The van der Waals surface area contributed by atoms with E-state index in [0.717, 1.165) is 0 Å². The average molecular weight is 351 g/mol. The van der Waals surface area contributed by atoms with Gasteiger partial charge >= 0.3 is 0 Å². The van der Waals surface area contributed by atoms with Gasteiger partial charge in [-0.25, -0.2) is 0 Å². The van der Waals surface area contributed by atoms with Crippen LogP contribution in [-0.2, 0) is 11.3 Å². The molecule has 2 N–H and O–H groups in total. The molecule has 21 heavy (non-hydrogen) atoms. The van der Waals surface area contributed by atoms with Gasteiger partial charge in [0.15, 0.2) is 0 Å². The Morgan fingerprint density at radius 3 is 2.57 bits per heavy atom. The van der Waals surface area contributed by atoms with Crippen molar-refractivity contribution in [3.05, 3.63) is 51.4 Å². The van der Waals surface area contributed by atoms with Crippen molar-refractivity contribution in [2.45, 2.75) is 12.7 Å². The van der Waals surface area contributed by atoms with Crippen LogP contribution < -0.4 is 5.32 Å². The van der Waals surface area contributed by atoms with E-state index >= 15 is 0 Å². The number of benzene rings is 1. The van der Waals surface area contributed by atoms with Gasteiger partial charge in [-0.3, -0.25) is 0 Å². The van der Waals surface area contributed by atoms with Crippen LogP contribution in [0.3, 0.4) is 0 Å². The van der Waals surface area contributed by atoms with Crippen LogP contribution in [0.25, 0.3) is 0 Å². The van der Waals surface area contributed by atoms with Crippen molar-refractivity contribution in [1.29, 1.82) is 0 Å². The molecule has 0 aliphatic carbocycles. The fourth-order valence-electron chi connectivity index (χ4n) is 1.68. The molecular weight excluding hydrogens is 337 g/mol. The van der Waals surface area contributed by atoms with E-state index in [1.165, 1.54) is 0 Å². The minimum Gasteiger partial charge on any atom is -0.467 e. The van der Waals surface area contributed by atoms with E-state index in [-0.39, 0.29) is 13.2 Å². The number of anilines is 1. The summed E-state index contributed by atoms with van der Waals surface area (Å²) < 4.78 is 10.5. The van der Waals surface area contributed by atoms with Gasteiger partial charge in [0, 0.05) is 11.6 Å². The molecule has 2 aromatic rings. The van der Waals surface area contributed by atoms with Gasteiger partial charge in [0.25, 0.3) is 0 Å². The molecule has 7 heteroatoms. The summed E-state index contributed by atoms with van der Waals surface area (Å²) in [5, 5.41) is 14.1. The zero-order chi connectivity index (χ0) is 15.2. The monoisotopic (exact) mass is 349 g/mol. The lowest BCUT2D eigenvalue weighted by molar-refractivity contribution is 0.0282. The molecule has 0 aliphatic rings. The first kappa shape index (κ1) is 16.5. The maximum absolute atomic E-state index is 9.85. The molecule has 114 valence electrons. The lowest BCUT2D eigenvalue weighted by atomic mass is 10.3. The maximum atomic E-state index is 9.85. The molecule has 0 fully saturated rings. The lowest BCUT2D eigenvalue weighted by Crippen LogP contribution is -2.25. The van der Waals surface area contributed by atoms with Gasteiger partial charge in [-0.15, -0.1) is 0 Å². The number of furan rings is 1. The van der Waals surface area contributed by atoms with Crippen LogP contribution in [0.1, 0.15) is 5.76 Å². The SMILES string of the molecule is OC(CNc1c(Cl)cc(Cl)cc1Cl)COCc1ccco1. The number of hydrogen-bond acceptors (Lipinski definition) is 4. The average Bonchev–Trinajstić information content (AvgIpc) is 2.90. The van der Waals surface area contributed by atoms with Crippen LogP contribution in [0.4, 0.5) is 5.69 Å². The van der Waals surface area contributed by atoms with Crippen molar-refractivity contribution in [3.8, 4) is 0 Å². The number of ether oxygens (including phenoxy) is 1. The van der Waals surface area contributed by atoms with Crippen molar-refractivity contribution in [2.75, 3.05) is 18.5 Å². The fourth-order valence-corrected chi connectivity index (χ4v) is 2.63. The van der Waals surface area contributed by atoms with Gasteiger partial charge in [-0.1, -0.05) is 34.8 Å². The summed E-state index contributed by atoms with van der Waals surface area (Å²) in [5.41, 5.74) is 0.535. The third-order valence-corrected chi connectivity index (χ3v) is 3.47. The van der Waals surface area contributed by atoms with E-state index in [2.05, 4.69) is 5.32 Å². The molecule has 0 amide bonds.